The molecule has 0 aliphatic rings. The van der Waals surface area contributed by atoms with Crippen molar-refractivity contribution in [2.75, 3.05) is 13.7 Å². The van der Waals surface area contributed by atoms with Crippen LogP contribution in [-0.4, -0.2) is 39.5 Å². The number of rotatable bonds is 6. The number of nitrogens with one attached hydrogen (secondary N) is 2. The number of fused-ring (bicyclic) bond motifs is 2. The summed E-state index contributed by atoms with van der Waals surface area (Å²) < 4.78 is 5.88. The smallest absolute Gasteiger partial charge is 0.271 e. The van der Waals surface area contributed by atoms with Gasteiger partial charge in [-0.2, -0.15) is 0 Å². The number of pyridine rings is 1. The van der Waals surface area contributed by atoms with Crippen molar-refractivity contribution in [3.63, 3.8) is 0 Å². The van der Waals surface area contributed by atoms with Gasteiger partial charge in [0.05, 0.1) is 17.3 Å². The van der Waals surface area contributed by atoms with Crippen molar-refractivity contribution in [1.29, 1.82) is 0 Å². The molecular formula is C23H19N5O2S. The highest BCUT2D eigenvalue weighted by atomic mass is 32.1. The lowest BCUT2D eigenvalue weighted by molar-refractivity contribution is 0.0951. The summed E-state index contributed by atoms with van der Waals surface area (Å²) in [5.74, 6) is 0.760. The number of H-pyrrole nitrogens is 1. The predicted molar refractivity (Wildman–Crippen MR) is 122 cm³/mol. The second-order valence-corrected chi connectivity index (χ2v) is 7.90. The Bertz CT molecular complexity index is 1370. The van der Waals surface area contributed by atoms with Gasteiger partial charge in [0.15, 0.2) is 5.82 Å². The van der Waals surface area contributed by atoms with Gasteiger partial charge in [0.2, 0.25) is 5.88 Å². The van der Waals surface area contributed by atoms with Crippen LogP contribution in [0.4, 0.5) is 0 Å². The predicted octanol–water partition coefficient (Wildman–Crippen LogP) is 4.22. The maximum Gasteiger partial charge on any atom is 0.271 e. The quantitative estimate of drug-likeness (QED) is 0.422. The Balaban J connectivity index is 1.38. The minimum absolute atomic E-state index is 0.211. The fourth-order valence-corrected chi connectivity index (χ4v) is 4.33. The van der Waals surface area contributed by atoms with E-state index in [0.717, 1.165) is 27.7 Å². The number of benzene rings is 1. The molecule has 5 aromatic rings. The van der Waals surface area contributed by atoms with Crippen LogP contribution in [0.1, 0.15) is 16.1 Å². The Hall–Kier alpha value is -3.78. The highest BCUT2D eigenvalue weighted by molar-refractivity contribution is 7.17. The summed E-state index contributed by atoms with van der Waals surface area (Å²) in [4.78, 5) is 29.6. The Kier molecular flexibility index (Phi) is 5.05. The van der Waals surface area contributed by atoms with Crippen LogP contribution in [0.2, 0.25) is 0 Å². The van der Waals surface area contributed by atoms with E-state index in [9.17, 15) is 4.79 Å². The maximum absolute atomic E-state index is 13.0. The van der Waals surface area contributed by atoms with E-state index >= 15 is 0 Å². The minimum Gasteiger partial charge on any atom is -0.481 e. The molecule has 0 saturated heterocycles. The maximum atomic E-state index is 13.0. The molecule has 0 fully saturated rings. The van der Waals surface area contributed by atoms with Crippen molar-refractivity contribution >= 4 is 38.4 Å². The third-order valence-electron chi connectivity index (χ3n) is 5.08. The van der Waals surface area contributed by atoms with E-state index in [-0.39, 0.29) is 5.91 Å². The van der Waals surface area contributed by atoms with Crippen LogP contribution in [0.25, 0.3) is 32.5 Å². The van der Waals surface area contributed by atoms with Gasteiger partial charge < -0.3 is 15.0 Å². The highest BCUT2D eigenvalue weighted by Gasteiger charge is 2.17. The summed E-state index contributed by atoms with van der Waals surface area (Å²) in [7, 11) is 1.56. The number of aromatic nitrogens is 4. The molecule has 0 radical (unpaired) electrons. The molecule has 1 aromatic carbocycles. The van der Waals surface area contributed by atoms with Crippen molar-refractivity contribution in [2.24, 2.45) is 0 Å². The first-order chi connectivity index (χ1) is 15.2. The molecule has 0 saturated carbocycles. The lowest BCUT2D eigenvalue weighted by Gasteiger charge is -2.08. The van der Waals surface area contributed by atoms with Gasteiger partial charge in [0.25, 0.3) is 5.91 Å². The third kappa shape index (κ3) is 3.73. The molecule has 4 aromatic heterocycles. The standard InChI is InChI=1S/C23H19N5O2S/c1-30-19-7-6-15(13-26-19)22-27-18-9-11-31-21(18)20(28-22)23(29)24-10-8-14-12-25-17-5-3-2-4-16(14)17/h2-7,9,11-13,25H,8,10H2,1H3,(H,24,29). The molecule has 5 rings (SSSR count). The molecule has 4 heterocycles. The molecule has 1 amide bonds. The first-order valence-corrected chi connectivity index (χ1v) is 10.7. The van der Waals surface area contributed by atoms with Crippen molar-refractivity contribution in [1.82, 2.24) is 25.3 Å². The highest BCUT2D eigenvalue weighted by Crippen LogP contribution is 2.26. The van der Waals surface area contributed by atoms with Crippen LogP contribution in [0.3, 0.4) is 0 Å². The number of aromatic amines is 1. The Labute approximate surface area is 182 Å². The second-order valence-electron chi connectivity index (χ2n) is 6.99. The van der Waals surface area contributed by atoms with Crippen molar-refractivity contribution in [2.45, 2.75) is 6.42 Å². The first kappa shape index (κ1) is 19.2. The Morgan fingerprint density at radius 1 is 1.16 bits per heavy atom. The first-order valence-electron chi connectivity index (χ1n) is 9.82. The molecule has 0 unspecified atom stereocenters. The molecular weight excluding hydrogens is 410 g/mol. The van der Waals surface area contributed by atoms with E-state index in [1.54, 1.807) is 19.4 Å². The van der Waals surface area contributed by atoms with Gasteiger partial charge in [-0.1, -0.05) is 18.2 Å². The van der Waals surface area contributed by atoms with Gasteiger partial charge in [0, 0.05) is 41.5 Å². The van der Waals surface area contributed by atoms with Crippen LogP contribution < -0.4 is 10.1 Å². The molecule has 154 valence electrons. The van der Waals surface area contributed by atoms with Crippen LogP contribution in [0.5, 0.6) is 5.88 Å². The zero-order valence-electron chi connectivity index (χ0n) is 16.8. The van der Waals surface area contributed by atoms with Gasteiger partial charge in [-0.25, -0.2) is 15.0 Å². The fourth-order valence-electron chi connectivity index (χ4n) is 3.51. The van der Waals surface area contributed by atoms with Gasteiger partial charge >= 0.3 is 0 Å². The molecule has 0 spiro atoms. The average molecular weight is 430 g/mol. The summed E-state index contributed by atoms with van der Waals surface area (Å²) in [5, 5.41) is 6.10. The number of para-hydroxylation sites is 1. The molecule has 8 heteroatoms. The van der Waals surface area contributed by atoms with E-state index in [2.05, 4.69) is 31.3 Å². The number of ether oxygens (including phenoxy) is 1. The number of carbonyl (C=O) groups is 1. The van der Waals surface area contributed by atoms with E-state index in [4.69, 9.17) is 4.74 Å². The van der Waals surface area contributed by atoms with Crippen molar-refractivity contribution in [3.05, 3.63) is 71.5 Å². The number of carbonyl (C=O) groups excluding carboxylic acids is 1. The largest absolute Gasteiger partial charge is 0.481 e. The molecule has 2 N–H and O–H groups in total. The Morgan fingerprint density at radius 2 is 2.06 bits per heavy atom. The minimum atomic E-state index is -0.211. The molecule has 0 atom stereocenters. The molecule has 0 aliphatic carbocycles. The summed E-state index contributed by atoms with van der Waals surface area (Å²) in [6.45, 7) is 0.511. The van der Waals surface area contributed by atoms with Gasteiger partial charge in [-0.3, -0.25) is 4.79 Å². The van der Waals surface area contributed by atoms with E-state index in [1.807, 2.05) is 41.9 Å². The number of hydrogen-bond acceptors (Lipinski definition) is 6. The average Bonchev–Trinajstić information content (AvgIpc) is 3.45. The molecule has 0 bridgehead atoms. The van der Waals surface area contributed by atoms with E-state index in [1.165, 1.54) is 22.3 Å². The van der Waals surface area contributed by atoms with E-state index in [0.29, 0.717) is 23.9 Å². The number of thiophene rings is 1. The molecule has 0 aliphatic heterocycles. The van der Waals surface area contributed by atoms with E-state index < -0.39 is 0 Å². The zero-order chi connectivity index (χ0) is 21.2. The fraction of sp³-hybridized carbons (Fsp3) is 0.130. The van der Waals surface area contributed by atoms with Crippen molar-refractivity contribution < 1.29 is 9.53 Å². The number of amides is 1. The van der Waals surface area contributed by atoms with Gasteiger partial charge in [-0.05, 0) is 35.6 Å². The molecule has 31 heavy (non-hydrogen) atoms. The summed E-state index contributed by atoms with van der Waals surface area (Å²) >= 11 is 1.46. The van der Waals surface area contributed by atoms with Gasteiger partial charge in [-0.15, -0.1) is 11.3 Å². The van der Waals surface area contributed by atoms with Crippen LogP contribution in [0, 0.1) is 0 Å². The SMILES string of the molecule is COc1ccc(-c2nc(C(=O)NCCc3c[nH]c4ccccc34)c3sccc3n2)cn1. The number of hydrogen-bond donors (Lipinski definition) is 2. The summed E-state index contributed by atoms with van der Waals surface area (Å²) in [6, 6.07) is 13.6. The summed E-state index contributed by atoms with van der Waals surface area (Å²) in [6.07, 6.45) is 4.36. The number of methoxy groups -OCH3 is 1. The monoisotopic (exact) mass is 429 g/mol. The topological polar surface area (TPSA) is 92.8 Å². The summed E-state index contributed by atoms with van der Waals surface area (Å²) in [5.41, 5.74) is 4.11. The lowest BCUT2D eigenvalue weighted by atomic mass is 10.1. The number of nitrogens with zero attached hydrogens (tertiary/aromatic N) is 3. The third-order valence-corrected chi connectivity index (χ3v) is 5.99. The Morgan fingerprint density at radius 3 is 2.90 bits per heavy atom. The van der Waals surface area contributed by atoms with Crippen molar-refractivity contribution in [3.8, 4) is 17.3 Å². The zero-order valence-corrected chi connectivity index (χ0v) is 17.6. The lowest BCUT2D eigenvalue weighted by Crippen LogP contribution is -2.27. The second kappa shape index (κ2) is 8.16. The molecule has 7 nitrogen and oxygen atoms in total. The normalized spacial score (nSPS) is 11.1. The van der Waals surface area contributed by atoms with Crippen LogP contribution in [-0.2, 0) is 6.42 Å². The van der Waals surface area contributed by atoms with Crippen LogP contribution >= 0.6 is 11.3 Å². The van der Waals surface area contributed by atoms with Crippen LogP contribution in [0.15, 0.2) is 60.2 Å². The van der Waals surface area contributed by atoms with Gasteiger partial charge in [0.1, 0.15) is 5.69 Å².